The minimum atomic E-state index is -1.74. The first-order valence-electron chi connectivity index (χ1n) is 7.88. The van der Waals surface area contributed by atoms with E-state index in [4.69, 9.17) is 28.9 Å². The van der Waals surface area contributed by atoms with Gasteiger partial charge in [-0.25, -0.2) is 0 Å². The second-order valence-electron chi connectivity index (χ2n) is 5.80. The van der Waals surface area contributed by atoms with Crippen LogP contribution in [-0.4, -0.2) is 128 Å². The molecule has 0 saturated carbocycles. The van der Waals surface area contributed by atoms with Gasteiger partial charge in [-0.3, -0.25) is 9.59 Å². The molecule has 13 nitrogen and oxygen atoms in total. The second kappa shape index (κ2) is 11.0. The van der Waals surface area contributed by atoms with Gasteiger partial charge in [-0.05, 0) is 0 Å². The highest BCUT2D eigenvalue weighted by molar-refractivity contribution is 6.09. The highest BCUT2D eigenvalue weighted by Gasteiger charge is 2.50. The Morgan fingerprint density at radius 1 is 0.704 bits per heavy atom. The molecule has 158 valence electrons. The van der Waals surface area contributed by atoms with E-state index in [1.807, 2.05) is 0 Å². The largest absolute Gasteiger partial charge is 0.394 e. The summed E-state index contributed by atoms with van der Waals surface area (Å²) in [5.41, 5.74) is 0. The lowest BCUT2D eigenvalue weighted by Crippen LogP contribution is -2.64. The monoisotopic (exact) mass is 400 g/mol. The van der Waals surface area contributed by atoms with Gasteiger partial charge in [0.1, 0.15) is 48.8 Å². The van der Waals surface area contributed by atoms with Gasteiger partial charge >= 0.3 is 0 Å². The zero-order chi connectivity index (χ0) is 20.7. The number of carbonyl (C=O) groups is 2. The maximum absolute atomic E-state index is 9.94. The molecule has 2 saturated heterocycles. The average Bonchev–Trinajstić information content (AvgIpc) is 2.68. The first-order chi connectivity index (χ1) is 12.7. The van der Waals surface area contributed by atoms with Crippen LogP contribution in [0.1, 0.15) is 0 Å². The summed E-state index contributed by atoms with van der Waals surface area (Å²) in [4.78, 5) is 17.6. The fourth-order valence-corrected chi connectivity index (χ4v) is 2.57. The number of aliphatic hydroxyl groups excluding tert-OH is 8. The molecule has 13 heteroatoms. The lowest BCUT2D eigenvalue weighted by Gasteiger charge is -2.45. The van der Waals surface area contributed by atoms with E-state index in [1.165, 1.54) is 0 Å². The fourth-order valence-electron chi connectivity index (χ4n) is 2.57. The van der Waals surface area contributed by atoms with Gasteiger partial charge in [0, 0.05) is 0 Å². The van der Waals surface area contributed by atoms with Gasteiger partial charge in [0.2, 0.25) is 0 Å². The first kappa shape index (κ1) is 23.9. The predicted octanol–water partition coefficient (Wildman–Crippen LogP) is -6.01. The van der Waals surface area contributed by atoms with Crippen LogP contribution < -0.4 is 0 Å². The van der Waals surface area contributed by atoms with Crippen LogP contribution in [0.2, 0.25) is 0 Å². The Kier molecular flexibility index (Phi) is 9.78. The quantitative estimate of drug-likeness (QED) is 0.159. The van der Waals surface area contributed by atoms with Crippen LogP contribution in [0.5, 0.6) is 0 Å². The summed E-state index contributed by atoms with van der Waals surface area (Å²) in [6.07, 6.45) is -15.2. The maximum atomic E-state index is 9.94. The van der Waals surface area contributed by atoms with Crippen molar-refractivity contribution in [3.8, 4) is 0 Å². The Balaban J connectivity index is 0.000000828. The molecular formula is C14H24O13. The molecule has 0 spiro atoms. The summed E-state index contributed by atoms with van der Waals surface area (Å²) < 4.78 is 15.3. The van der Waals surface area contributed by atoms with Gasteiger partial charge in [0.25, 0.3) is 0 Å². The predicted molar refractivity (Wildman–Crippen MR) is 80.7 cm³/mol. The van der Waals surface area contributed by atoms with Crippen LogP contribution in [0.3, 0.4) is 0 Å². The third kappa shape index (κ3) is 5.69. The van der Waals surface area contributed by atoms with Gasteiger partial charge in [-0.1, -0.05) is 0 Å². The third-order valence-electron chi connectivity index (χ3n) is 4.03. The molecule has 2 aliphatic heterocycles. The molecule has 0 aromatic rings. The smallest absolute Gasteiger partial charge is 0.187 e. The molecule has 2 rings (SSSR count). The van der Waals surface area contributed by atoms with Crippen LogP contribution in [-0.2, 0) is 23.8 Å². The number of ether oxygens (including phenoxy) is 3. The van der Waals surface area contributed by atoms with Gasteiger partial charge in [0.05, 0.1) is 13.2 Å². The summed E-state index contributed by atoms with van der Waals surface area (Å²) in [7, 11) is 0. The van der Waals surface area contributed by atoms with E-state index < -0.39 is 74.6 Å². The number of hydrogen-bond donors (Lipinski definition) is 8. The summed E-state index contributed by atoms with van der Waals surface area (Å²) in [5.74, 6) is 0. The van der Waals surface area contributed by atoms with Crippen molar-refractivity contribution in [2.75, 3.05) is 13.2 Å². The van der Waals surface area contributed by atoms with Gasteiger partial charge in [-0.15, -0.1) is 0 Å². The van der Waals surface area contributed by atoms with Gasteiger partial charge in [0.15, 0.2) is 25.2 Å². The number of hydrogen-bond acceptors (Lipinski definition) is 13. The third-order valence-corrected chi connectivity index (χ3v) is 4.03. The van der Waals surface area contributed by atoms with Gasteiger partial charge < -0.3 is 55.1 Å². The van der Waals surface area contributed by atoms with E-state index in [0.29, 0.717) is 0 Å². The Morgan fingerprint density at radius 3 is 1.74 bits per heavy atom. The minimum Gasteiger partial charge on any atom is -0.394 e. The highest BCUT2D eigenvalue weighted by Crippen LogP contribution is 2.28. The minimum absolute atomic E-state index is 0.194. The zero-order valence-corrected chi connectivity index (χ0v) is 14.0. The molecule has 2 fully saturated rings. The van der Waals surface area contributed by atoms with Crippen molar-refractivity contribution in [3.63, 3.8) is 0 Å². The maximum Gasteiger partial charge on any atom is 0.187 e. The Bertz CT molecular complexity index is 452. The fraction of sp³-hybridized carbons (Fsp3) is 0.857. The Labute approximate surface area is 152 Å². The van der Waals surface area contributed by atoms with Gasteiger partial charge in [-0.2, -0.15) is 0 Å². The average molecular weight is 400 g/mol. The molecule has 0 unspecified atom stereocenters. The van der Waals surface area contributed by atoms with E-state index in [0.717, 1.165) is 0 Å². The molecule has 0 amide bonds. The van der Waals surface area contributed by atoms with Crippen LogP contribution >= 0.6 is 0 Å². The molecule has 0 aromatic heterocycles. The highest BCUT2D eigenvalue weighted by atomic mass is 16.7. The standard InChI is InChI=1S/C12H22O11.C2H2O2/c13-1-3-5(15)6(16)9(19)12(22-3)23-10-4(2-14)21-11(20)8(18)7(10)17;3-1-2-4/h3-20H,1-2H2;1-2H/t3-,4-,5-,6+,7-,8-,9-,10-,11-,12-;/m1./s1. The Hall–Kier alpha value is -1.10. The summed E-state index contributed by atoms with van der Waals surface area (Å²) in [6.45, 7) is -1.35. The van der Waals surface area contributed by atoms with Crippen LogP contribution in [0, 0.1) is 0 Å². The molecule has 2 heterocycles. The van der Waals surface area contributed by atoms with Crippen LogP contribution in [0.15, 0.2) is 0 Å². The van der Waals surface area contributed by atoms with Crippen molar-refractivity contribution in [2.45, 2.75) is 61.4 Å². The summed E-state index contributed by atoms with van der Waals surface area (Å²) >= 11 is 0. The lowest BCUT2D eigenvalue weighted by atomic mass is 9.97. The molecule has 2 aliphatic rings. The van der Waals surface area contributed by atoms with E-state index in [-0.39, 0.29) is 12.6 Å². The van der Waals surface area contributed by atoms with Crippen LogP contribution in [0.25, 0.3) is 0 Å². The molecule has 10 atom stereocenters. The summed E-state index contributed by atoms with van der Waals surface area (Å²) in [6, 6.07) is 0. The Morgan fingerprint density at radius 2 is 1.26 bits per heavy atom. The van der Waals surface area contributed by atoms with E-state index >= 15 is 0 Å². The van der Waals surface area contributed by atoms with Crippen molar-refractivity contribution in [3.05, 3.63) is 0 Å². The molecule has 27 heavy (non-hydrogen) atoms. The molecule has 8 N–H and O–H groups in total. The molecule has 0 aromatic carbocycles. The number of carbonyl (C=O) groups excluding carboxylic acids is 2. The SMILES string of the molecule is O=CC=O.OC[C@H]1O[C@H](O[C@H]2[C@H](O)[C@@H](O)[C@H](O)O[C@@H]2CO)[C@H](O)[C@@H](O)[C@@H]1O. The first-order valence-corrected chi connectivity index (χ1v) is 7.88. The van der Waals surface area contributed by atoms with E-state index in [2.05, 4.69) is 0 Å². The molecule has 0 bridgehead atoms. The van der Waals surface area contributed by atoms with Crippen molar-refractivity contribution < 1.29 is 64.7 Å². The molecule has 0 radical (unpaired) electrons. The number of aldehydes is 2. The van der Waals surface area contributed by atoms with Crippen molar-refractivity contribution in [1.29, 1.82) is 0 Å². The number of rotatable bonds is 5. The molecule has 0 aliphatic carbocycles. The lowest BCUT2D eigenvalue weighted by molar-refractivity contribution is -0.355. The normalized spacial score (nSPS) is 44.7. The number of aliphatic hydroxyl groups is 8. The summed E-state index contributed by atoms with van der Waals surface area (Å²) in [5, 5.41) is 76.5. The van der Waals surface area contributed by atoms with Crippen LogP contribution in [0.4, 0.5) is 0 Å². The van der Waals surface area contributed by atoms with Crippen molar-refractivity contribution in [2.24, 2.45) is 0 Å². The second-order valence-corrected chi connectivity index (χ2v) is 5.80. The van der Waals surface area contributed by atoms with E-state index in [1.54, 1.807) is 0 Å². The zero-order valence-electron chi connectivity index (χ0n) is 14.0. The molecular weight excluding hydrogens is 376 g/mol. The van der Waals surface area contributed by atoms with Crippen molar-refractivity contribution in [1.82, 2.24) is 0 Å². The van der Waals surface area contributed by atoms with Crippen molar-refractivity contribution >= 4 is 12.6 Å². The topological polar surface area (TPSA) is 224 Å². The van der Waals surface area contributed by atoms with E-state index in [9.17, 15) is 35.7 Å².